The van der Waals surface area contributed by atoms with Gasteiger partial charge in [0, 0.05) is 23.7 Å². The van der Waals surface area contributed by atoms with Crippen molar-refractivity contribution in [3.63, 3.8) is 0 Å². The van der Waals surface area contributed by atoms with E-state index in [1.54, 1.807) is 49.8 Å². The molecule has 0 aliphatic carbocycles. The summed E-state index contributed by atoms with van der Waals surface area (Å²) in [4.78, 5) is 50.2. The van der Waals surface area contributed by atoms with E-state index in [2.05, 4.69) is 10.6 Å². The number of ether oxygens (including phenoxy) is 1. The molecule has 0 saturated heterocycles. The molecule has 2 aliphatic rings. The number of benzene rings is 2. The van der Waals surface area contributed by atoms with Gasteiger partial charge in [-0.3, -0.25) is 19.4 Å². The lowest BCUT2D eigenvalue weighted by atomic mass is 10.1. The fourth-order valence-corrected chi connectivity index (χ4v) is 5.42. The van der Waals surface area contributed by atoms with Gasteiger partial charge in [0.1, 0.15) is 23.4 Å². The van der Waals surface area contributed by atoms with E-state index in [4.69, 9.17) is 19.1 Å². The number of anilines is 1. The third-order valence-electron chi connectivity index (χ3n) is 6.48. The second-order valence-corrected chi connectivity index (χ2v) is 10.4. The number of thioether (sulfide) groups is 1. The summed E-state index contributed by atoms with van der Waals surface area (Å²) >= 11 is 1.22. The molecule has 2 aromatic carbocycles. The van der Waals surface area contributed by atoms with Crippen LogP contribution in [0.5, 0.6) is 5.75 Å². The van der Waals surface area contributed by atoms with Crippen LogP contribution in [0.3, 0.4) is 0 Å². The lowest BCUT2D eigenvalue weighted by molar-refractivity contribution is -0.125. The fraction of sp³-hybridized carbons (Fsp3) is 0.276. The highest BCUT2D eigenvalue weighted by Crippen LogP contribution is 2.36. The lowest BCUT2D eigenvalue weighted by Crippen LogP contribution is -2.42. The average molecular weight is 560 g/mol. The Balaban J connectivity index is 1.30. The first kappa shape index (κ1) is 27.2. The highest BCUT2D eigenvalue weighted by Gasteiger charge is 2.42. The van der Waals surface area contributed by atoms with E-state index in [0.29, 0.717) is 40.3 Å². The van der Waals surface area contributed by atoms with Crippen LogP contribution in [0.4, 0.5) is 11.4 Å². The van der Waals surface area contributed by atoms with E-state index in [0.717, 1.165) is 5.56 Å². The molecule has 3 aromatic rings. The van der Waals surface area contributed by atoms with E-state index < -0.39 is 11.3 Å². The number of furan rings is 1. The molecule has 40 heavy (non-hydrogen) atoms. The van der Waals surface area contributed by atoms with Crippen molar-refractivity contribution in [1.82, 2.24) is 10.2 Å². The maximum Gasteiger partial charge on any atom is 0.259 e. The minimum atomic E-state index is -0.730. The Kier molecular flexibility index (Phi) is 8.30. The minimum Gasteiger partial charge on any atom is -0.497 e. The van der Waals surface area contributed by atoms with Crippen molar-refractivity contribution in [3.8, 4) is 5.75 Å². The number of hydrogen-bond donors (Lipinski definition) is 2. The molecule has 2 N–H and O–H groups in total. The summed E-state index contributed by atoms with van der Waals surface area (Å²) in [7, 11) is 1.57. The van der Waals surface area contributed by atoms with Gasteiger partial charge in [-0.05, 0) is 49.2 Å². The Morgan fingerprint density at radius 2 is 2.00 bits per heavy atom. The summed E-state index contributed by atoms with van der Waals surface area (Å²) in [6.45, 7) is 2.19. The van der Waals surface area contributed by atoms with Crippen molar-refractivity contribution in [1.29, 1.82) is 0 Å². The van der Waals surface area contributed by atoms with Crippen LogP contribution in [-0.4, -0.2) is 52.0 Å². The standard InChI is InChI=1S/C29H29N5O5S/c1-3-24(27(36)31-18-8-6-9-19(16-18)38-2)40-29-33-22-12-5-4-11-21(22)26-32-23(28(37)34(26)29)13-14-25(35)30-17-20-10-7-15-39-20/h4-12,15-16,23-24H,3,13-14,17H2,1-2H3,(H,30,35)(H,31,36)/t23-,24-/m1/s1. The maximum atomic E-state index is 13.6. The predicted molar refractivity (Wildman–Crippen MR) is 154 cm³/mol. The number of aliphatic imine (C=N–C) groups is 2. The van der Waals surface area contributed by atoms with Crippen LogP contribution < -0.4 is 15.4 Å². The SMILES string of the molecule is CC[C@@H](SC1=Nc2ccccc2C2=N[C@H](CCC(=O)NCc3ccco3)C(=O)N12)C(=O)Nc1cccc(OC)c1. The van der Waals surface area contributed by atoms with E-state index in [1.165, 1.54) is 16.7 Å². The minimum absolute atomic E-state index is 0.129. The Morgan fingerprint density at radius 3 is 2.77 bits per heavy atom. The number of carbonyl (C=O) groups is 3. The van der Waals surface area contributed by atoms with Crippen molar-refractivity contribution in [2.24, 2.45) is 9.98 Å². The van der Waals surface area contributed by atoms with Gasteiger partial charge in [0.15, 0.2) is 5.17 Å². The van der Waals surface area contributed by atoms with E-state index in [-0.39, 0.29) is 37.1 Å². The number of amidine groups is 2. The number of hydrogen-bond acceptors (Lipinski definition) is 8. The van der Waals surface area contributed by atoms with Gasteiger partial charge >= 0.3 is 0 Å². The lowest BCUT2D eigenvalue weighted by Gasteiger charge is -2.27. The van der Waals surface area contributed by atoms with Crippen LogP contribution >= 0.6 is 11.8 Å². The molecule has 1 aromatic heterocycles. The van der Waals surface area contributed by atoms with Crippen LogP contribution in [0.15, 0.2) is 81.3 Å². The quantitative estimate of drug-likeness (QED) is 0.377. The third-order valence-corrected chi connectivity index (χ3v) is 7.80. The molecule has 206 valence electrons. The Morgan fingerprint density at radius 1 is 1.15 bits per heavy atom. The highest BCUT2D eigenvalue weighted by atomic mass is 32.2. The molecular formula is C29H29N5O5S. The Hall–Kier alpha value is -4.38. The van der Waals surface area contributed by atoms with Crippen LogP contribution in [0.2, 0.25) is 0 Å². The molecule has 3 amide bonds. The number of carbonyl (C=O) groups excluding carboxylic acids is 3. The topological polar surface area (TPSA) is 126 Å². The molecule has 10 nitrogen and oxygen atoms in total. The number of fused-ring (bicyclic) bond motifs is 3. The zero-order valence-corrected chi connectivity index (χ0v) is 22.9. The van der Waals surface area contributed by atoms with Gasteiger partial charge in [-0.1, -0.05) is 36.9 Å². The van der Waals surface area contributed by atoms with Crippen LogP contribution in [0.1, 0.15) is 37.5 Å². The number of nitrogens with one attached hydrogen (secondary N) is 2. The van der Waals surface area contributed by atoms with Gasteiger partial charge in [-0.2, -0.15) is 0 Å². The first-order valence-electron chi connectivity index (χ1n) is 13.0. The number of para-hydroxylation sites is 1. The largest absolute Gasteiger partial charge is 0.497 e. The van der Waals surface area contributed by atoms with Crippen molar-refractivity contribution in [3.05, 3.63) is 78.3 Å². The summed E-state index contributed by atoms with van der Waals surface area (Å²) in [5.74, 6) is 1.10. The number of rotatable bonds is 10. The fourth-order valence-electron chi connectivity index (χ4n) is 4.40. The molecule has 0 fully saturated rings. The Labute approximate surface area is 235 Å². The van der Waals surface area contributed by atoms with Gasteiger partial charge in [0.2, 0.25) is 11.8 Å². The number of nitrogens with zero attached hydrogens (tertiary/aromatic N) is 3. The van der Waals surface area contributed by atoms with Crippen molar-refractivity contribution in [2.45, 2.75) is 44.0 Å². The molecule has 0 saturated carbocycles. The Bertz CT molecular complexity index is 1470. The van der Waals surface area contributed by atoms with Crippen molar-refractivity contribution >= 4 is 51.9 Å². The predicted octanol–water partition coefficient (Wildman–Crippen LogP) is 4.49. The number of amides is 3. The molecule has 0 spiro atoms. The molecule has 0 radical (unpaired) electrons. The zero-order chi connectivity index (χ0) is 28.1. The van der Waals surface area contributed by atoms with E-state index in [1.807, 2.05) is 31.2 Å². The van der Waals surface area contributed by atoms with Crippen molar-refractivity contribution in [2.75, 3.05) is 12.4 Å². The normalized spacial score (nSPS) is 16.4. The molecule has 0 unspecified atom stereocenters. The summed E-state index contributed by atoms with van der Waals surface area (Å²) in [6, 6.07) is 17.4. The summed E-state index contributed by atoms with van der Waals surface area (Å²) in [6.07, 6.45) is 2.43. The molecule has 3 heterocycles. The molecule has 5 rings (SSSR count). The second-order valence-electron chi connectivity index (χ2n) is 9.18. The summed E-state index contributed by atoms with van der Waals surface area (Å²) < 4.78 is 10.5. The molecular weight excluding hydrogens is 530 g/mol. The molecule has 11 heteroatoms. The summed E-state index contributed by atoms with van der Waals surface area (Å²) in [5, 5.41) is 5.60. The molecule has 0 bridgehead atoms. The van der Waals surface area contributed by atoms with Gasteiger partial charge in [-0.15, -0.1) is 0 Å². The van der Waals surface area contributed by atoms with Crippen molar-refractivity contribution < 1.29 is 23.5 Å². The smallest absolute Gasteiger partial charge is 0.259 e. The van der Waals surface area contributed by atoms with Crippen LogP contribution in [0.25, 0.3) is 0 Å². The van der Waals surface area contributed by atoms with Crippen LogP contribution in [0, 0.1) is 0 Å². The maximum absolute atomic E-state index is 13.6. The monoisotopic (exact) mass is 559 g/mol. The molecule has 2 aliphatic heterocycles. The third kappa shape index (κ3) is 5.94. The first-order chi connectivity index (χ1) is 19.5. The van der Waals surface area contributed by atoms with E-state index >= 15 is 0 Å². The van der Waals surface area contributed by atoms with Gasteiger partial charge in [0.05, 0.1) is 30.9 Å². The zero-order valence-electron chi connectivity index (χ0n) is 22.1. The highest BCUT2D eigenvalue weighted by molar-refractivity contribution is 8.15. The average Bonchev–Trinajstić information content (AvgIpc) is 3.61. The van der Waals surface area contributed by atoms with Gasteiger partial charge in [0.25, 0.3) is 5.91 Å². The second kappa shape index (κ2) is 12.2. The first-order valence-corrected chi connectivity index (χ1v) is 13.8. The van der Waals surface area contributed by atoms with Gasteiger partial charge < -0.3 is 19.8 Å². The van der Waals surface area contributed by atoms with Crippen LogP contribution in [-0.2, 0) is 20.9 Å². The van der Waals surface area contributed by atoms with Gasteiger partial charge in [-0.25, -0.2) is 9.89 Å². The molecule has 2 atom stereocenters. The summed E-state index contributed by atoms with van der Waals surface area (Å²) in [5.41, 5.74) is 2.02. The number of methoxy groups -OCH3 is 1. The van der Waals surface area contributed by atoms with E-state index in [9.17, 15) is 14.4 Å².